The summed E-state index contributed by atoms with van der Waals surface area (Å²) in [7, 11) is 0. The third kappa shape index (κ3) is 4.96. The largest absolute Gasteiger partial charge is 0.459 e. The highest BCUT2D eigenvalue weighted by atomic mass is 16.3. The van der Waals surface area contributed by atoms with Gasteiger partial charge in [0.1, 0.15) is 0 Å². The molecule has 0 bridgehead atoms. The third-order valence-electron chi connectivity index (χ3n) is 3.51. The summed E-state index contributed by atoms with van der Waals surface area (Å²) >= 11 is 0. The number of carbonyl (C=O) groups is 2. The van der Waals surface area contributed by atoms with Crippen molar-refractivity contribution in [2.45, 2.75) is 20.3 Å². The molecule has 6 nitrogen and oxygen atoms in total. The van der Waals surface area contributed by atoms with Gasteiger partial charge in [-0.3, -0.25) is 9.59 Å². The molecule has 128 valence electrons. The van der Waals surface area contributed by atoms with Crippen molar-refractivity contribution in [3.05, 3.63) is 53.5 Å². The predicted molar refractivity (Wildman–Crippen MR) is 93.3 cm³/mol. The molecule has 1 heterocycles. The van der Waals surface area contributed by atoms with Gasteiger partial charge < -0.3 is 20.4 Å². The Morgan fingerprint density at radius 1 is 1.08 bits per heavy atom. The summed E-state index contributed by atoms with van der Waals surface area (Å²) in [4.78, 5) is 24.3. The van der Waals surface area contributed by atoms with E-state index in [2.05, 4.69) is 22.9 Å². The van der Waals surface area contributed by atoms with E-state index in [9.17, 15) is 9.59 Å². The van der Waals surface area contributed by atoms with Crippen LogP contribution in [0.5, 0.6) is 0 Å². The molecule has 2 aromatic rings. The zero-order valence-corrected chi connectivity index (χ0v) is 14.0. The fourth-order valence-electron chi connectivity index (χ4n) is 2.16. The standard InChI is InChI=1S/C18H23N3O3/c1-3-8-19-9-10-20-17(22)14-7-6-13(2)15(12-14)21-18(23)16-5-4-11-24-16/h4-7,11-12,19H,3,8-10H2,1-2H3,(H,20,22)(H,21,23). The molecule has 1 aromatic carbocycles. The van der Waals surface area contributed by atoms with Crippen molar-refractivity contribution in [1.82, 2.24) is 10.6 Å². The molecule has 0 saturated heterocycles. The van der Waals surface area contributed by atoms with Crippen LogP contribution in [0.25, 0.3) is 0 Å². The van der Waals surface area contributed by atoms with E-state index < -0.39 is 0 Å². The van der Waals surface area contributed by atoms with Crippen LogP contribution in [-0.2, 0) is 0 Å². The van der Waals surface area contributed by atoms with Gasteiger partial charge in [0, 0.05) is 24.3 Å². The van der Waals surface area contributed by atoms with E-state index in [1.807, 2.05) is 13.0 Å². The summed E-state index contributed by atoms with van der Waals surface area (Å²) in [6.45, 7) is 6.18. The summed E-state index contributed by atoms with van der Waals surface area (Å²) < 4.78 is 5.07. The van der Waals surface area contributed by atoms with Gasteiger partial charge in [-0.15, -0.1) is 0 Å². The minimum absolute atomic E-state index is 0.165. The average molecular weight is 329 g/mol. The van der Waals surface area contributed by atoms with Gasteiger partial charge in [-0.1, -0.05) is 13.0 Å². The monoisotopic (exact) mass is 329 g/mol. The summed E-state index contributed by atoms with van der Waals surface area (Å²) in [5, 5.41) is 8.84. The molecule has 1 aromatic heterocycles. The maximum absolute atomic E-state index is 12.2. The van der Waals surface area contributed by atoms with Crippen LogP contribution in [0, 0.1) is 6.92 Å². The van der Waals surface area contributed by atoms with Gasteiger partial charge in [0.25, 0.3) is 11.8 Å². The van der Waals surface area contributed by atoms with Gasteiger partial charge in [-0.2, -0.15) is 0 Å². The van der Waals surface area contributed by atoms with Gasteiger partial charge in [0.15, 0.2) is 5.76 Å². The SMILES string of the molecule is CCCNCCNC(=O)c1ccc(C)c(NC(=O)c2ccco2)c1. The first-order valence-corrected chi connectivity index (χ1v) is 8.06. The lowest BCUT2D eigenvalue weighted by Gasteiger charge is -2.10. The highest BCUT2D eigenvalue weighted by Crippen LogP contribution is 2.18. The normalized spacial score (nSPS) is 10.4. The predicted octanol–water partition coefficient (Wildman–Crippen LogP) is 2.57. The molecule has 6 heteroatoms. The Morgan fingerprint density at radius 2 is 1.92 bits per heavy atom. The topological polar surface area (TPSA) is 83.4 Å². The first kappa shape index (κ1) is 17.7. The minimum atomic E-state index is -0.343. The van der Waals surface area contributed by atoms with Crippen molar-refractivity contribution in [2.24, 2.45) is 0 Å². The number of benzene rings is 1. The van der Waals surface area contributed by atoms with Crippen LogP contribution in [-0.4, -0.2) is 31.4 Å². The molecule has 0 saturated carbocycles. The summed E-state index contributed by atoms with van der Waals surface area (Å²) in [5.41, 5.74) is 1.97. The molecule has 0 aliphatic carbocycles. The second-order valence-corrected chi connectivity index (χ2v) is 5.47. The van der Waals surface area contributed by atoms with Crippen LogP contribution in [0.4, 0.5) is 5.69 Å². The molecule has 0 aliphatic heterocycles. The maximum atomic E-state index is 12.2. The number of hydrogen-bond acceptors (Lipinski definition) is 4. The zero-order valence-electron chi connectivity index (χ0n) is 14.0. The van der Waals surface area contributed by atoms with Crippen molar-refractivity contribution in [3.63, 3.8) is 0 Å². The van der Waals surface area contributed by atoms with Crippen molar-refractivity contribution < 1.29 is 14.0 Å². The van der Waals surface area contributed by atoms with Crippen molar-refractivity contribution in [2.75, 3.05) is 25.0 Å². The molecule has 2 rings (SSSR count). The van der Waals surface area contributed by atoms with E-state index in [1.165, 1.54) is 6.26 Å². The zero-order chi connectivity index (χ0) is 17.4. The molecule has 24 heavy (non-hydrogen) atoms. The van der Waals surface area contributed by atoms with E-state index in [0.29, 0.717) is 17.8 Å². The Kier molecular flexibility index (Phi) is 6.57. The van der Waals surface area contributed by atoms with Crippen molar-refractivity contribution >= 4 is 17.5 Å². The first-order chi connectivity index (χ1) is 11.6. The molecule has 0 fully saturated rings. The van der Waals surface area contributed by atoms with Crippen LogP contribution in [0.1, 0.15) is 39.8 Å². The second-order valence-electron chi connectivity index (χ2n) is 5.47. The number of anilines is 1. The summed E-state index contributed by atoms with van der Waals surface area (Å²) in [6, 6.07) is 8.46. The number of hydrogen-bond donors (Lipinski definition) is 3. The number of rotatable bonds is 8. The Bertz CT molecular complexity index is 681. The lowest BCUT2D eigenvalue weighted by molar-refractivity contribution is 0.0951. The number of nitrogens with one attached hydrogen (secondary N) is 3. The lowest BCUT2D eigenvalue weighted by atomic mass is 10.1. The minimum Gasteiger partial charge on any atom is -0.459 e. The maximum Gasteiger partial charge on any atom is 0.291 e. The number of amides is 2. The van der Waals surface area contributed by atoms with Crippen LogP contribution in [0.2, 0.25) is 0 Å². The van der Waals surface area contributed by atoms with Crippen LogP contribution in [0.3, 0.4) is 0 Å². The Balaban J connectivity index is 1.97. The molecule has 0 unspecified atom stereocenters. The number of aryl methyl sites for hydroxylation is 1. The van der Waals surface area contributed by atoms with Crippen LogP contribution >= 0.6 is 0 Å². The van der Waals surface area contributed by atoms with Crippen molar-refractivity contribution in [1.29, 1.82) is 0 Å². The molecular weight excluding hydrogens is 306 g/mol. The van der Waals surface area contributed by atoms with Gasteiger partial charge in [-0.05, 0) is 49.7 Å². The van der Waals surface area contributed by atoms with E-state index in [-0.39, 0.29) is 17.6 Å². The third-order valence-corrected chi connectivity index (χ3v) is 3.51. The molecule has 2 amide bonds. The Morgan fingerprint density at radius 3 is 2.62 bits per heavy atom. The quantitative estimate of drug-likeness (QED) is 0.650. The molecule has 0 radical (unpaired) electrons. The van der Waals surface area contributed by atoms with Crippen LogP contribution in [0.15, 0.2) is 41.0 Å². The second kappa shape index (κ2) is 8.88. The highest BCUT2D eigenvalue weighted by Gasteiger charge is 2.12. The first-order valence-electron chi connectivity index (χ1n) is 8.06. The number of furan rings is 1. The van der Waals surface area contributed by atoms with E-state index in [4.69, 9.17) is 4.42 Å². The fraction of sp³-hybridized carbons (Fsp3) is 0.333. The van der Waals surface area contributed by atoms with Gasteiger partial charge in [0.2, 0.25) is 0 Å². The lowest BCUT2D eigenvalue weighted by Crippen LogP contribution is -2.32. The van der Waals surface area contributed by atoms with E-state index >= 15 is 0 Å². The average Bonchev–Trinajstić information content (AvgIpc) is 3.11. The summed E-state index contributed by atoms with van der Waals surface area (Å²) in [6.07, 6.45) is 2.50. The van der Waals surface area contributed by atoms with Gasteiger partial charge >= 0.3 is 0 Å². The smallest absolute Gasteiger partial charge is 0.291 e. The van der Waals surface area contributed by atoms with Crippen LogP contribution < -0.4 is 16.0 Å². The fourth-order valence-corrected chi connectivity index (χ4v) is 2.16. The molecule has 0 spiro atoms. The van der Waals surface area contributed by atoms with E-state index in [0.717, 1.165) is 25.1 Å². The Labute approximate surface area is 141 Å². The number of carbonyl (C=O) groups excluding carboxylic acids is 2. The van der Waals surface area contributed by atoms with Gasteiger partial charge in [-0.25, -0.2) is 0 Å². The molecule has 0 atom stereocenters. The molecule has 3 N–H and O–H groups in total. The van der Waals surface area contributed by atoms with E-state index in [1.54, 1.807) is 24.3 Å². The Hall–Kier alpha value is -2.60. The molecule has 0 aliphatic rings. The van der Waals surface area contributed by atoms with Crippen molar-refractivity contribution in [3.8, 4) is 0 Å². The highest BCUT2D eigenvalue weighted by molar-refractivity contribution is 6.03. The summed E-state index contributed by atoms with van der Waals surface area (Å²) in [5.74, 6) is -0.280. The van der Waals surface area contributed by atoms with Gasteiger partial charge in [0.05, 0.1) is 6.26 Å². The molecular formula is C18H23N3O3.